The normalized spacial score (nSPS) is 17.6. The van der Waals surface area contributed by atoms with Crippen molar-refractivity contribution in [3.63, 3.8) is 0 Å². The Labute approximate surface area is 203 Å². The molecule has 9 heteroatoms. The van der Waals surface area contributed by atoms with E-state index in [-0.39, 0.29) is 5.91 Å². The summed E-state index contributed by atoms with van der Waals surface area (Å²) >= 11 is 12.3. The average Bonchev–Trinajstić information content (AvgIpc) is 2.85. The van der Waals surface area contributed by atoms with Gasteiger partial charge in [-0.3, -0.25) is 4.79 Å². The standard InChI is InChI=1S/C24H26Cl2N6O/c1-29-8-10-32(11-9-29)24(33)22-18-4-2-3-5-19(18)23(28-27-22)31-14-12-30(13-15-31)17-6-7-20(25)21(26)16-17/h2-7,16H,8-15H2,1H3. The third kappa shape index (κ3) is 4.45. The Morgan fingerprint density at radius 1 is 0.788 bits per heavy atom. The molecule has 0 spiro atoms. The molecule has 0 atom stereocenters. The van der Waals surface area contributed by atoms with Crippen molar-refractivity contribution < 1.29 is 4.79 Å². The lowest BCUT2D eigenvalue weighted by Crippen LogP contribution is -2.48. The first-order valence-corrected chi connectivity index (χ1v) is 11.9. The van der Waals surface area contributed by atoms with Crippen LogP contribution in [0.5, 0.6) is 0 Å². The largest absolute Gasteiger partial charge is 0.368 e. The summed E-state index contributed by atoms with van der Waals surface area (Å²) in [5.74, 6) is 0.789. The minimum atomic E-state index is -0.0391. The summed E-state index contributed by atoms with van der Waals surface area (Å²) in [7, 11) is 2.08. The van der Waals surface area contributed by atoms with E-state index in [1.165, 1.54) is 0 Å². The van der Waals surface area contributed by atoms with Crippen molar-refractivity contribution >= 4 is 51.4 Å². The number of anilines is 2. The molecule has 0 N–H and O–H groups in total. The molecule has 1 amide bonds. The van der Waals surface area contributed by atoms with Crippen molar-refractivity contribution in [2.24, 2.45) is 0 Å². The van der Waals surface area contributed by atoms with Crippen molar-refractivity contribution in [1.82, 2.24) is 20.0 Å². The third-order valence-electron chi connectivity index (χ3n) is 6.51. The van der Waals surface area contributed by atoms with E-state index in [0.29, 0.717) is 28.8 Å². The SMILES string of the molecule is CN1CCN(C(=O)c2nnc(N3CCN(c4ccc(Cl)c(Cl)c4)CC3)c3ccccc23)CC1. The Morgan fingerprint density at radius 2 is 1.45 bits per heavy atom. The predicted molar refractivity (Wildman–Crippen MR) is 134 cm³/mol. The molecule has 0 saturated carbocycles. The number of hydrogen-bond donors (Lipinski definition) is 0. The van der Waals surface area contributed by atoms with Crippen LogP contribution in [0.25, 0.3) is 10.8 Å². The van der Waals surface area contributed by atoms with Crippen LogP contribution in [0.15, 0.2) is 42.5 Å². The number of likely N-dealkylation sites (N-methyl/N-ethyl adjacent to an activating group) is 1. The van der Waals surface area contributed by atoms with Gasteiger partial charge in [-0.2, -0.15) is 0 Å². The zero-order valence-electron chi connectivity index (χ0n) is 18.5. The second kappa shape index (κ2) is 9.33. The zero-order chi connectivity index (χ0) is 22.9. The number of halogens is 2. The molecule has 2 aliphatic heterocycles. The van der Waals surface area contributed by atoms with Gasteiger partial charge in [0.1, 0.15) is 0 Å². The monoisotopic (exact) mass is 484 g/mol. The Hall–Kier alpha value is -2.61. The number of carbonyl (C=O) groups excluding carboxylic acids is 1. The fourth-order valence-corrected chi connectivity index (χ4v) is 4.79. The van der Waals surface area contributed by atoms with E-state index in [9.17, 15) is 4.79 Å². The first-order valence-electron chi connectivity index (χ1n) is 11.2. The van der Waals surface area contributed by atoms with Crippen LogP contribution in [0, 0.1) is 0 Å². The number of amides is 1. The molecule has 2 aliphatic rings. The lowest BCUT2D eigenvalue weighted by molar-refractivity contribution is 0.0659. The highest BCUT2D eigenvalue weighted by Gasteiger charge is 2.26. The Balaban J connectivity index is 1.37. The van der Waals surface area contributed by atoms with Gasteiger partial charge in [-0.05, 0) is 25.2 Å². The second-order valence-electron chi connectivity index (χ2n) is 8.59. The van der Waals surface area contributed by atoms with Crippen LogP contribution >= 0.6 is 23.2 Å². The molecule has 2 saturated heterocycles. The van der Waals surface area contributed by atoms with Crippen molar-refractivity contribution in [3.05, 3.63) is 58.2 Å². The molecular weight excluding hydrogens is 459 g/mol. The Bertz CT molecular complexity index is 1170. The number of rotatable bonds is 3. The lowest BCUT2D eigenvalue weighted by atomic mass is 10.1. The van der Waals surface area contributed by atoms with Gasteiger partial charge < -0.3 is 19.6 Å². The number of hydrogen-bond acceptors (Lipinski definition) is 6. The molecule has 7 nitrogen and oxygen atoms in total. The lowest BCUT2D eigenvalue weighted by Gasteiger charge is -2.37. The first kappa shape index (κ1) is 22.2. The molecule has 172 valence electrons. The molecule has 2 aromatic carbocycles. The van der Waals surface area contributed by atoms with E-state index in [1.807, 2.05) is 47.4 Å². The van der Waals surface area contributed by atoms with Crippen molar-refractivity contribution in [3.8, 4) is 0 Å². The molecule has 0 bridgehead atoms. The molecular formula is C24H26Cl2N6O. The summed E-state index contributed by atoms with van der Waals surface area (Å²) in [5.41, 5.74) is 1.50. The maximum absolute atomic E-state index is 13.2. The van der Waals surface area contributed by atoms with E-state index < -0.39 is 0 Å². The van der Waals surface area contributed by atoms with Crippen molar-refractivity contribution in [2.45, 2.75) is 0 Å². The molecule has 3 heterocycles. The minimum Gasteiger partial charge on any atom is -0.368 e. The van der Waals surface area contributed by atoms with Crippen molar-refractivity contribution in [2.75, 3.05) is 69.2 Å². The van der Waals surface area contributed by atoms with Gasteiger partial charge in [0.05, 0.1) is 10.0 Å². The van der Waals surface area contributed by atoms with Gasteiger partial charge in [-0.1, -0.05) is 47.5 Å². The molecule has 2 fully saturated rings. The number of benzene rings is 2. The summed E-state index contributed by atoms with van der Waals surface area (Å²) in [4.78, 5) is 21.9. The van der Waals surface area contributed by atoms with E-state index >= 15 is 0 Å². The van der Waals surface area contributed by atoms with Gasteiger partial charge in [0.2, 0.25) is 0 Å². The van der Waals surface area contributed by atoms with Crippen LogP contribution in [0.2, 0.25) is 10.0 Å². The first-order chi connectivity index (χ1) is 16.0. The highest BCUT2D eigenvalue weighted by molar-refractivity contribution is 6.42. The van der Waals surface area contributed by atoms with E-state index in [0.717, 1.165) is 61.5 Å². The predicted octanol–water partition coefficient (Wildman–Crippen LogP) is 3.65. The molecule has 0 aliphatic carbocycles. The number of nitrogens with zero attached hydrogens (tertiary/aromatic N) is 6. The Morgan fingerprint density at radius 3 is 2.15 bits per heavy atom. The molecule has 33 heavy (non-hydrogen) atoms. The van der Waals surface area contributed by atoms with E-state index in [2.05, 4.69) is 31.9 Å². The smallest absolute Gasteiger partial charge is 0.275 e. The van der Waals surface area contributed by atoms with Crippen LogP contribution in [0.1, 0.15) is 10.5 Å². The molecule has 5 rings (SSSR count). The third-order valence-corrected chi connectivity index (χ3v) is 7.25. The molecule has 0 unspecified atom stereocenters. The van der Waals surface area contributed by atoms with Crippen LogP contribution in [0.4, 0.5) is 11.5 Å². The molecule has 0 radical (unpaired) electrons. The summed E-state index contributed by atoms with van der Waals surface area (Å²) in [6.07, 6.45) is 0. The van der Waals surface area contributed by atoms with Gasteiger partial charge in [0.15, 0.2) is 11.5 Å². The topological polar surface area (TPSA) is 55.8 Å². The van der Waals surface area contributed by atoms with Crippen LogP contribution in [-0.4, -0.2) is 85.3 Å². The highest BCUT2D eigenvalue weighted by atomic mass is 35.5. The van der Waals surface area contributed by atoms with Gasteiger partial charge in [-0.15, -0.1) is 10.2 Å². The van der Waals surface area contributed by atoms with E-state index in [4.69, 9.17) is 23.2 Å². The van der Waals surface area contributed by atoms with Gasteiger partial charge >= 0.3 is 0 Å². The van der Waals surface area contributed by atoms with Crippen LogP contribution in [-0.2, 0) is 0 Å². The van der Waals surface area contributed by atoms with Crippen LogP contribution < -0.4 is 9.80 Å². The van der Waals surface area contributed by atoms with E-state index in [1.54, 1.807) is 0 Å². The number of piperazine rings is 2. The highest BCUT2D eigenvalue weighted by Crippen LogP contribution is 2.30. The average molecular weight is 485 g/mol. The summed E-state index contributed by atoms with van der Waals surface area (Å²) in [6, 6.07) is 13.7. The van der Waals surface area contributed by atoms with Gasteiger partial charge in [0.25, 0.3) is 5.91 Å². The van der Waals surface area contributed by atoms with Gasteiger partial charge in [0, 0.05) is 68.8 Å². The fraction of sp³-hybridized carbons (Fsp3) is 0.375. The van der Waals surface area contributed by atoms with Crippen LogP contribution in [0.3, 0.4) is 0 Å². The Kier molecular flexibility index (Phi) is 6.27. The number of carbonyl (C=O) groups is 1. The number of aromatic nitrogens is 2. The second-order valence-corrected chi connectivity index (χ2v) is 9.40. The summed E-state index contributed by atoms with van der Waals surface area (Å²) in [6.45, 7) is 6.42. The molecule has 1 aromatic heterocycles. The number of fused-ring (bicyclic) bond motifs is 1. The zero-order valence-corrected chi connectivity index (χ0v) is 20.1. The molecule has 3 aromatic rings. The quantitative estimate of drug-likeness (QED) is 0.565. The summed E-state index contributed by atoms with van der Waals surface area (Å²) in [5, 5.41) is 11.9. The van der Waals surface area contributed by atoms with Crippen molar-refractivity contribution in [1.29, 1.82) is 0 Å². The summed E-state index contributed by atoms with van der Waals surface area (Å²) < 4.78 is 0. The fourth-order valence-electron chi connectivity index (χ4n) is 4.50. The maximum Gasteiger partial charge on any atom is 0.275 e. The van der Waals surface area contributed by atoms with Gasteiger partial charge in [-0.25, -0.2) is 0 Å². The maximum atomic E-state index is 13.2. The minimum absolute atomic E-state index is 0.0391.